The van der Waals surface area contributed by atoms with Gasteiger partial charge in [-0.1, -0.05) is 13.0 Å². The largest absolute Gasteiger partial charge is 0.396 e. The summed E-state index contributed by atoms with van der Waals surface area (Å²) in [4.78, 5) is 0. The molecule has 0 spiro atoms. The number of aliphatic hydroxyl groups is 1. The van der Waals surface area contributed by atoms with Crippen molar-refractivity contribution < 1.29 is 5.11 Å². The highest BCUT2D eigenvalue weighted by Gasteiger charge is 2.05. The number of aliphatic hydroxyl groups excluding tert-OH is 1. The van der Waals surface area contributed by atoms with Crippen molar-refractivity contribution in [2.75, 3.05) is 6.61 Å². The Morgan fingerprint density at radius 1 is 1.58 bits per heavy atom. The first kappa shape index (κ1) is 10.5. The first-order chi connectivity index (χ1) is 5.65. The van der Waals surface area contributed by atoms with Gasteiger partial charge in [-0.15, -0.1) is 0 Å². The molecule has 1 unspecified atom stereocenters. The number of hydrogen-bond donors (Lipinski definition) is 1. The molecular weight excluding hydrogens is 331 g/mol. The molecule has 0 aliphatic rings. The maximum atomic E-state index is 8.93. The van der Waals surface area contributed by atoms with E-state index in [0.717, 1.165) is 4.47 Å². The van der Waals surface area contributed by atoms with Gasteiger partial charge >= 0.3 is 0 Å². The van der Waals surface area contributed by atoms with Crippen LogP contribution in [0.3, 0.4) is 0 Å². The molecule has 0 amide bonds. The van der Waals surface area contributed by atoms with Gasteiger partial charge in [0.1, 0.15) is 0 Å². The van der Waals surface area contributed by atoms with Crippen molar-refractivity contribution in [3.05, 3.63) is 31.8 Å². The summed E-state index contributed by atoms with van der Waals surface area (Å²) in [6.45, 7) is 2.21. The van der Waals surface area contributed by atoms with E-state index in [0.29, 0.717) is 0 Å². The van der Waals surface area contributed by atoms with Crippen molar-refractivity contribution >= 4 is 38.5 Å². The van der Waals surface area contributed by atoms with Crippen molar-refractivity contribution in [3.8, 4) is 0 Å². The normalized spacial score (nSPS) is 13.0. The van der Waals surface area contributed by atoms with E-state index in [1.54, 1.807) is 0 Å². The zero-order chi connectivity index (χ0) is 9.14. The molecule has 0 saturated carbocycles. The van der Waals surface area contributed by atoms with Crippen molar-refractivity contribution in [2.24, 2.45) is 0 Å². The van der Waals surface area contributed by atoms with Gasteiger partial charge in [0.15, 0.2) is 0 Å². The van der Waals surface area contributed by atoms with E-state index in [4.69, 9.17) is 5.11 Å². The lowest BCUT2D eigenvalue weighted by molar-refractivity contribution is 0.273. The Labute approximate surface area is 94.4 Å². The summed E-state index contributed by atoms with van der Waals surface area (Å²) in [7, 11) is 0. The van der Waals surface area contributed by atoms with Crippen molar-refractivity contribution in [3.63, 3.8) is 0 Å². The lowest BCUT2D eigenvalue weighted by Gasteiger charge is -2.08. The van der Waals surface area contributed by atoms with Crippen LogP contribution in [0.15, 0.2) is 22.7 Å². The van der Waals surface area contributed by atoms with Crippen molar-refractivity contribution in [1.29, 1.82) is 0 Å². The molecule has 1 N–H and O–H groups in total. The van der Waals surface area contributed by atoms with Gasteiger partial charge in [0.25, 0.3) is 0 Å². The SMILES string of the molecule is CC(CO)c1ccc(I)c(Br)c1. The summed E-state index contributed by atoms with van der Waals surface area (Å²) >= 11 is 5.72. The summed E-state index contributed by atoms with van der Waals surface area (Å²) in [6.07, 6.45) is 0. The predicted octanol–water partition coefficient (Wildman–Crippen LogP) is 3.15. The second-order valence-corrected chi connectivity index (χ2v) is 4.77. The van der Waals surface area contributed by atoms with Gasteiger partial charge in [-0.25, -0.2) is 0 Å². The molecule has 12 heavy (non-hydrogen) atoms. The molecule has 0 radical (unpaired) electrons. The molecule has 1 atom stereocenters. The topological polar surface area (TPSA) is 20.2 Å². The molecule has 66 valence electrons. The Morgan fingerprint density at radius 2 is 2.25 bits per heavy atom. The Kier molecular flexibility index (Phi) is 3.99. The minimum atomic E-state index is 0.201. The minimum Gasteiger partial charge on any atom is -0.396 e. The van der Waals surface area contributed by atoms with Crippen LogP contribution in [0.25, 0.3) is 0 Å². The molecule has 1 aromatic carbocycles. The van der Waals surface area contributed by atoms with Crippen LogP contribution in [0.4, 0.5) is 0 Å². The van der Waals surface area contributed by atoms with Crippen molar-refractivity contribution in [1.82, 2.24) is 0 Å². The van der Waals surface area contributed by atoms with Gasteiger partial charge in [-0.2, -0.15) is 0 Å². The van der Waals surface area contributed by atoms with Crippen LogP contribution in [-0.2, 0) is 0 Å². The average molecular weight is 341 g/mol. The number of hydrogen-bond acceptors (Lipinski definition) is 1. The van der Waals surface area contributed by atoms with Crippen LogP contribution in [0, 0.1) is 3.57 Å². The average Bonchev–Trinajstić information content (AvgIpc) is 2.08. The summed E-state index contributed by atoms with van der Waals surface area (Å²) < 4.78 is 2.29. The zero-order valence-electron chi connectivity index (χ0n) is 6.72. The van der Waals surface area contributed by atoms with E-state index in [9.17, 15) is 0 Å². The third-order valence-corrected chi connectivity index (χ3v) is 4.12. The Morgan fingerprint density at radius 3 is 2.75 bits per heavy atom. The van der Waals surface area contributed by atoms with Crippen LogP contribution >= 0.6 is 38.5 Å². The lowest BCUT2D eigenvalue weighted by Crippen LogP contribution is -1.98. The van der Waals surface area contributed by atoms with Crippen LogP contribution in [0.2, 0.25) is 0 Å². The first-order valence-corrected chi connectivity index (χ1v) is 5.58. The fourth-order valence-corrected chi connectivity index (χ4v) is 1.66. The fraction of sp³-hybridized carbons (Fsp3) is 0.333. The Hall–Kier alpha value is 0.390. The number of rotatable bonds is 2. The lowest BCUT2D eigenvalue weighted by atomic mass is 10.0. The quantitative estimate of drug-likeness (QED) is 0.820. The Bertz CT molecular complexity index is 275. The van der Waals surface area contributed by atoms with E-state index < -0.39 is 0 Å². The molecule has 1 nitrogen and oxygen atoms in total. The van der Waals surface area contributed by atoms with Gasteiger partial charge < -0.3 is 5.11 Å². The molecule has 0 fully saturated rings. The third kappa shape index (κ3) is 2.44. The van der Waals surface area contributed by atoms with Crippen molar-refractivity contribution in [2.45, 2.75) is 12.8 Å². The van der Waals surface area contributed by atoms with Crippen LogP contribution in [-0.4, -0.2) is 11.7 Å². The summed E-state index contributed by atoms with van der Waals surface area (Å²) in [5.74, 6) is 0.221. The summed E-state index contributed by atoms with van der Waals surface area (Å²) in [6, 6.07) is 6.15. The van der Waals surface area contributed by atoms with Gasteiger partial charge in [-0.3, -0.25) is 0 Å². The third-order valence-electron chi connectivity index (χ3n) is 1.79. The Balaban J connectivity index is 2.96. The maximum absolute atomic E-state index is 8.93. The smallest absolute Gasteiger partial charge is 0.0497 e. The summed E-state index contributed by atoms with van der Waals surface area (Å²) in [5, 5.41) is 8.93. The molecule has 0 aromatic heterocycles. The molecule has 1 aromatic rings. The highest BCUT2D eigenvalue weighted by atomic mass is 127. The maximum Gasteiger partial charge on any atom is 0.0497 e. The predicted molar refractivity (Wildman–Crippen MR) is 62.4 cm³/mol. The molecule has 0 aliphatic carbocycles. The molecule has 3 heteroatoms. The molecule has 0 aliphatic heterocycles. The first-order valence-electron chi connectivity index (χ1n) is 3.71. The van der Waals surface area contributed by atoms with E-state index in [1.807, 2.05) is 19.1 Å². The van der Waals surface area contributed by atoms with Crippen LogP contribution < -0.4 is 0 Å². The van der Waals surface area contributed by atoms with Crippen LogP contribution in [0.5, 0.6) is 0 Å². The highest BCUT2D eigenvalue weighted by Crippen LogP contribution is 2.24. The second kappa shape index (κ2) is 4.58. The monoisotopic (exact) mass is 340 g/mol. The fourth-order valence-electron chi connectivity index (χ4n) is 0.924. The van der Waals surface area contributed by atoms with E-state index >= 15 is 0 Å². The summed E-state index contributed by atoms with van der Waals surface area (Å²) in [5.41, 5.74) is 1.17. The molecule has 0 saturated heterocycles. The minimum absolute atomic E-state index is 0.201. The van der Waals surface area contributed by atoms with E-state index in [-0.39, 0.29) is 12.5 Å². The zero-order valence-corrected chi connectivity index (χ0v) is 10.5. The van der Waals surface area contributed by atoms with Gasteiger partial charge in [-0.05, 0) is 56.2 Å². The number of benzene rings is 1. The highest BCUT2D eigenvalue weighted by molar-refractivity contribution is 14.1. The van der Waals surface area contributed by atoms with E-state index in [1.165, 1.54) is 9.13 Å². The number of halogens is 2. The van der Waals surface area contributed by atoms with Gasteiger partial charge in [0, 0.05) is 20.6 Å². The molecule has 1 rings (SSSR count). The van der Waals surface area contributed by atoms with Crippen LogP contribution in [0.1, 0.15) is 18.4 Å². The van der Waals surface area contributed by atoms with Gasteiger partial charge in [0.05, 0.1) is 0 Å². The van der Waals surface area contributed by atoms with E-state index in [2.05, 4.69) is 44.6 Å². The standard InChI is InChI=1S/C9H10BrIO/c1-6(5-12)7-2-3-9(11)8(10)4-7/h2-4,6,12H,5H2,1H3. The molecular formula is C9H10BrIO. The molecule has 0 bridgehead atoms. The second-order valence-electron chi connectivity index (χ2n) is 2.76. The molecule has 0 heterocycles. The van der Waals surface area contributed by atoms with Gasteiger partial charge in [0.2, 0.25) is 0 Å².